The quantitative estimate of drug-likeness (QED) is 0.0354. The maximum atomic E-state index is 16.1. The summed E-state index contributed by atoms with van der Waals surface area (Å²) in [5.74, 6) is -0.539. The van der Waals surface area contributed by atoms with Crippen molar-refractivity contribution >= 4 is 17.9 Å². The fourth-order valence-corrected chi connectivity index (χ4v) is 8.74. The summed E-state index contributed by atoms with van der Waals surface area (Å²) in [7, 11) is 0. The molecule has 1 fully saturated rings. The molecule has 0 atom stereocenters. The van der Waals surface area contributed by atoms with Crippen LogP contribution in [0.4, 0.5) is 4.39 Å². The van der Waals surface area contributed by atoms with Gasteiger partial charge in [-0.3, -0.25) is 0 Å². The van der Waals surface area contributed by atoms with Crippen LogP contribution in [0.2, 0.25) is 0 Å². The fourth-order valence-electron chi connectivity index (χ4n) is 8.74. The number of halogens is 1. The Kier molecular flexibility index (Phi) is 20.7. The third-order valence-corrected chi connectivity index (χ3v) is 12.8. The van der Waals surface area contributed by atoms with Gasteiger partial charge in [-0.15, -0.1) is 0 Å². The normalized spacial score (nSPS) is 15.1. The molecule has 4 rings (SSSR count). The van der Waals surface area contributed by atoms with Crippen molar-refractivity contribution in [2.24, 2.45) is 11.3 Å². The van der Waals surface area contributed by atoms with Gasteiger partial charge in [0.25, 0.3) is 0 Å². The second kappa shape index (κ2) is 25.6. The van der Waals surface area contributed by atoms with E-state index in [2.05, 4.69) is 57.8 Å². The second-order valence-corrected chi connectivity index (χ2v) is 18.2. The largest absolute Gasteiger partial charge is 0.462 e. The van der Waals surface area contributed by atoms with E-state index in [9.17, 15) is 24.6 Å². The molecule has 348 valence electrons. The first-order valence-corrected chi connectivity index (χ1v) is 23.4. The van der Waals surface area contributed by atoms with Crippen molar-refractivity contribution in [1.29, 1.82) is 0 Å². The van der Waals surface area contributed by atoms with Crippen LogP contribution in [0.5, 0.6) is 0 Å². The van der Waals surface area contributed by atoms with Crippen molar-refractivity contribution in [3.63, 3.8) is 0 Å². The molecule has 0 radical (unpaired) electrons. The average molecular weight is 881 g/mol. The van der Waals surface area contributed by atoms with Gasteiger partial charge in [-0.05, 0) is 154 Å². The Bertz CT molecular complexity index is 2030. The summed E-state index contributed by atoms with van der Waals surface area (Å²) >= 11 is 0. The minimum atomic E-state index is -1.13. The third kappa shape index (κ3) is 14.8. The number of benzene rings is 3. The van der Waals surface area contributed by atoms with Crippen LogP contribution in [0.1, 0.15) is 139 Å². The third-order valence-electron chi connectivity index (χ3n) is 12.8. The zero-order valence-corrected chi connectivity index (χ0v) is 39.3. The van der Waals surface area contributed by atoms with Crippen molar-refractivity contribution in [3.05, 3.63) is 119 Å². The predicted octanol–water partition coefficient (Wildman–Crippen LogP) is 11.7. The highest BCUT2D eigenvalue weighted by Gasteiger charge is 2.32. The Morgan fingerprint density at radius 2 is 1.22 bits per heavy atom. The summed E-state index contributed by atoms with van der Waals surface area (Å²) in [6.07, 6.45) is 13.3. The van der Waals surface area contributed by atoms with Crippen LogP contribution in [0.3, 0.4) is 0 Å². The second-order valence-electron chi connectivity index (χ2n) is 18.2. The number of aryl methyl sites for hydroxylation is 3. The number of carbonyl (C=O) groups is 3. The van der Waals surface area contributed by atoms with Crippen molar-refractivity contribution in [2.75, 3.05) is 33.0 Å². The molecule has 9 heteroatoms. The van der Waals surface area contributed by atoms with Gasteiger partial charge >= 0.3 is 17.9 Å². The molecule has 3 aromatic rings. The van der Waals surface area contributed by atoms with Gasteiger partial charge in [-0.2, -0.15) is 0 Å². The molecule has 0 saturated heterocycles. The molecule has 1 aliphatic carbocycles. The first-order valence-electron chi connectivity index (χ1n) is 23.4. The first-order chi connectivity index (χ1) is 30.6. The van der Waals surface area contributed by atoms with Crippen LogP contribution >= 0.6 is 0 Å². The zero-order chi connectivity index (χ0) is 46.8. The predicted molar refractivity (Wildman–Crippen MR) is 254 cm³/mol. The maximum absolute atomic E-state index is 16.1. The number of ether oxygens (including phenoxy) is 3. The molecule has 1 aliphatic rings. The van der Waals surface area contributed by atoms with Gasteiger partial charge in [0.1, 0.15) is 12.4 Å². The SMILES string of the molecule is C=C(C)C(=O)OCCCc1cc(-c2ccc(-c3ccc(C4CCC(CCCCC)CC4)cc3F)c(CC)c2)cc(CCCOC(=O)C(=C)C)c1CCC(CO)(CO)COC(=O)C(=C)C. The highest BCUT2D eigenvalue weighted by Crippen LogP contribution is 2.40. The smallest absolute Gasteiger partial charge is 0.333 e. The minimum Gasteiger partial charge on any atom is -0.462 e. The van der Waals surface area contributed by atoms with Crippen molar-refractivity contribution < 1.29 is 43.2 Å². The number of hydrogen-bond donors (Lipinski definition) is 2. The van der Waals surface area contributed by atoms with E-state index in [0.717, 1.165) is 63.3 Å². The molecule has 2 N–H and O–H groups in total. The number of unbranched alkanes of at least 4 members (excludes halogenated alkanes) is 2. The number of rotatable bonds is 26. The summed E-state index contributed by atoms with van der Waals surface area (Å²) in [5.41, 5.74) is 8.14. The van der Waals surface area contributed by atoms with Crippen LogP contribution < -0.4 is 0 Å². The van der Waals surface area contributed by atoms with E-state index in [-0.39, 0.29) is 37.6 Å². The number of aliphatic hydroxyl groups excluding tert-OH is 2. The van der Waals surface area contributed by atoms with Crippen LogP contribution in [-0.4, -0.2) is 61.2 Å². The monoisotopic (exact) mass is 881 g/mol. The summed E-state index contributed by atoms with van der Waals surface area (Å²) in [5, 5.41) is 21.1. The van der Waals surface area contributed by atoms with E-state index in [1.165, 1.54) is 45.4 Å². The number of hydrogen-bond acceptors (Lipinski definition) is 8. The summed E-state index contributed by atoms with van der Waals surface area (Å²) in [6.45, 7) is 19.4. The van der Waals surface area contributed by atoms with E-state index >= 15 is 4.39 Å². The van der Waals surface area contributed by atoms with E-state index < -0.39 is 36.5 Å². The Morgan fingerprint density at radius 1 is 0.672 bits per heavy atom. The van der Waals surface area contributed by atoms with E-state index in [1.807, 2.05) is 18.2 Å². The Balaban J connectivity index is 1.71. The molecule has 0 aliphatic heterocycles. The molecule has 0 heterocycles. The molecule has 3 aromatic carbocycles. The number of aliphatic hydroxyl groups is 2. The first kappa shape index (κ1) is 51.8. The van der Waals surface area contributed by atoms with Gasteiger partial charge in [0.15, 0.2) is 0 Å². The minimum absolute atomic E-state index is 0.176. The highest BCUT2D eigenvalue weighted by atomic mass is 19.1. The molecule has 0 bridgehead atoms. The summed E-state index contributed by atoms with van der Waals surface area (Å²) < 4.78 is 32.5. The molecule has 0 unspecified atom stereocenters. The van der Waals surface area contributed by atoms with Crippen LogP contribution in [0, 0.1) is 17.2 Å². The highest BCUT2D eigenvalue weighted by molar-refractivity contribution is 5.87. The lowest BCUT2D eigenvalue weighted by molar-refractivity contribution is -0.145. The van der Waals surface area contributed by atoms with Crippen molar-refractivity contribution in [1.82, 2.24) is 0 Å². The molecular formula is C55H73FO8. The molecular weight excluding hydrogens is 808 g/mol. The summed E-state index contributed by atoms with van der Waals surface area (Å²) in [4.78, 5) is 36.9. The van der Waals surface area contributed by atoms with Crippen LogP contribution in [0.25, 0.3) is 22.3 Å². The van der Waals surface area contributed by atoms with E-state index in [1.54, 1.807) is 19.9 Å². The average Bonchev–Trinajstić information content (AvgIpc) is 3.29. The molecule has 8 nitrogen and oxygen atoms in total. The fraction of sp³-hybridized carbons (Fsp3) is 0.509. The molecule has 1 saturated carbocycles. The Labute approximate surface area is 382 Å². The number of esters is 3. The molecule has 0 amide bonds. The van der Waals surface area contributed by atoms with Gasteiger partial charge in [-0.25, -0.2) is 18.8 Å². The lowest BCUT2D eigenvalue weighted by Gasteiger charge is -2.30. The zero-order valence-electron chi connectivity index (χ0n) is 39.3. The molecule has 0 aromatic heterocycles. The van der Waals surface area contributed by atoms with Gasteiger partial charge in [0.05, 0.1) is 31.8 Å². The van der Waals surface area contributed by atoms with Crippen molar-refractivity contribution in [3.8, 4) is 22.3 Å². The van der Waals surface area contributed by atoms with Gasteiger partial charge < -0.3 is 24.4 Å². The van der Waals surface area contributed by atoms with Gasteiger partial charge in [0.2, 0.25) is 0 Å². The Hall–Kier alpha value is -4.86. The maximum Gasteiger partial charge on any atom is 0.333 e. The lowest BCUT2D eigenvalue weighted by Crippen LogP contribution is -2.37. The number of carbonyl (C=O) groups excluding carboxylic acids is 3. The van der Waals surface area contributed by atoms with Gasteiger partial charge in [-0.1, -0.05) is 102 Å². The van der Waals surface area contributed by atoms with Crippen molar-refractivity contribution in [2.45, 2.75) is 137 Å². The Morgan fingerprint density at radius 3 is 1.73 bits per heavy atom. The van der Waals surface area contributed by atoms with Crippen LogP contribution in [-0.2, 0) is 54.3 Å². The molecule has 64 heavy (non-hydrogen) atoms. The topological polar surface area (TPSA) is 119 Å². The van der Waals surface area contributed by atoms with Gasteiger partial charge in [0, 0.05) is 22.3 Å². The summed E-state index contributed by atoms with van der Waals surface area (Å²) in [6, 6.07) is 16.3. The standard InChI is InChI=1S/C55H73FO8/c1-9-11-12-15-40-18-20-42(21-19-40)44-23-25-50(51(56)33-44)49-24-22-43(30-41(49)10-2)47-31-45(16-13-28-62-52(59)37(3)4)48(46(32-47)17-14-29-63-53(60)38(5)6)26-27-55(34-57,35-58)36-64-54(61)39(7)8/h22-25,30-33,40,42,57-58H,3,5,7,9-21,26-29,34-36H2,1-2,4,6,8H3. The van der Waals surface area contributed by atoms with Crippen LogP contribution in [0.15, 0.2) is 85.0 Å². The van der Waals surface area contributed by atoms with E-state index in [4.69, 9.17) is 14.2 Å². The molecule has 0 spiro atoms. The van der Waals surface area contributed by atoms with E-state index in [0.29, 0.717) is 61.2 Å². The lowest BCUT2D eigenvalue weighted by atomic mass is 9.76.